The van der Waals surface area contributed by atoms with Gasteiger partial charge in [0.2, 0.25) is 0 Å². The topological polar surface area (TPSA) is 64.4 Å². The molecule has 1 aromatic rings. The molecule has 2 rings (SSSR count). The van der Waals surface area contributed by atoms with E-state index in [0.29, 0.717) is 18.8 Å². The molecule has 6 heteroatoms. The minimum absolute atomic E-state index is 0.109. The van der Waals surface area contributed by atoms with Crippen LogP contribution in [0.2, 0.25) is 0 Å². The van der Waals surface area contributed by atoms with Crippen molar-refractivity contribution in [3.05, 3.63) is 28.2 Å². The summed E-state index contributed by atoms with van der Waals surface area (Å²) in [4.78, 5) is 26.3. The molecule has 128 valence electrons. The first-order valence-electron chi connectivity index (χ1n) is 8.47. The van der Waals surface area contributed by atoms with Gasteiger partial charge >= 0.3 is 0 Å². The molecule has 1 saturated carbocycles. The van der Waals surface area contributed by atoms with Crippen LogP contribution in [0, 0.1) is 0 Å². The number of amides is 1. The molecule has 0 aliphatic heterocycles. The summed E-state index contributed by atoms with van der Waals surface area (Å²) >= 11 is 0. The summed E-state index contributed by atoms with van der Waals surface area (Å²) in [6, 6.07) is 3.19. The molecule has 0 radical (unpaired) electrons. The summed E-state index contributed by atoms with van der Waals surface area (Å²) < 4.78 is 6.27. The van der Waals surface area contributed by atoms with Gasteiger partial charge in [0, 0.05) is 26.3 Å². The monoisotopic (exact) mass is 321 g/mol. The molecule has 1 aliphatic carbocycles. The van der Waals surface area contributed by atoms with Gasteiger partial charge in [-0.2, -0.15) is 5.10 Å². The van der Waals surface area contributed by atoms with Gasteiger partial charge in [-0.1, -0.05) is 32.1 Å². The summed E-state index contributed by atoms with van der Waals surface area (Å²) in [7, 11) is 3.42. The fourth-order valence-electron chi connectivity index (χ4n) is 3.07. The summed E-state index contributed by atoms with van der Waals surface area (Å²) in [6.45, 7) is 0.743. The molecule has 0 bridgehead atoms. The Kier molecular flexibility index (Phi) is 6.77. The Morgan fingerprint density at radius 3 is 2.57 bits per heavy atom. The normalized spacial score (nSPS) is 16.6. The molecular weight excluding hydrogens is 294 g/mol. The second-order valence-electron chi connectivity index (χ2n) is 6.19. The van der Waals surface area contributed by atoms with Crippen LogP contribution in [-0.2, 0) is 11.3 Å². The lowest BCUT2D eigenvalue weighted by Gasteiger charge is -2.29. The van der Waals surface area contributed by atoms with Crippen molar-refractivity contribution in [2.45, 2.75) is 57.5 Å². The number of nitrogens with zero attached hydrogens (tertiary/aromatic N) is 3. The molecule has 0 aromatic carbocycles. The highest BCUT2D eigenvalue weighted by molar-refractivity contribution is 5.92. The van der Waals surface area contributed by atoms with Gasteiger partial charge in [0.05, 0.1) is 13.2 Å². The zero-order valence-electron chi connectivity index (χ0n) is 14.2. The maximum Gasteiger partial charge on any atom is 0.274 e. The minimum atomic E-state index is -0.216. The van der Waals surface area contributed by atoms with Crippen LogP contribution in [0.4, 0.5) is 0 Å². The van der Waals surface area contributed by atoms with Gasteiger partial charge in [-0.25, -0.2) is 4.68 Å². The van der Waals surface area contributed by atoms with Gasteiger partial charge in [-0.05, 0) is 18.9 Å². The average molecular weight is 321 g/mol. The summed E-state index contributed by atoms with van der Waals surface area (Å²) in [5.74, 6) is -0.109. The molecule has 0 unspecified atom stereocenters. The van der Waals surface area contributed by atoms with Crippen molar-refractivity contribution >= 4 is 5.91 Å². The van der Waals surface area contributed by atoms with Crippen molar-refractivity contribution in [1.82, 2.24) is 14.7 Å². The summed E-state index contributed by atoms with van der Waals surface area (Å²) in [5, 5.41) is 4.20. The quantitative estimate of drug-likeness (QED) is 0.833. The van der Waals surface area contributed by atoms with Gasteiger partial charge in [0.25, 0.3) is 11.5 Å². The van der Waals surface area contributed by atoms with E-state index in [1.165, 1.54) is 48.9 Å². The standard InChI is InChI=1S/C17H27N3O3/c1-19(14-8-6-4-3-5-7-9-14)17(22)15-10-11-16(21)20(18-15)12-13-23-2/h10-11,14H,3-9,12-13H2,1-2H3. The molecule has 23 heavy (non-hydrogen) atoms. The van der Waals surface area contributed by atoms with Crippen molar-refractivity contribution in [1.29, 1.82) is 0 Å². The third kappa shape index (κ3) is 4.89. The maximum atomic E-state index is 12.7. The highest BCUT2D eigenvalue weighted by atomic mass is 16.5. The number of aromatic nitrogens is 2. The second-order valence-corrected chi connectivity index (χ2v) is 6.19. The molecule has 1 aliphatic rings. The lowest BCUT2D eigenvalue weighted by atomic mass is 9.95. The van der Waals surface area contributed by atoms with Gasteiger partial charge < -0.3 is 9.64 Å². The lowest BCUT2D eigenvalue weighted by Crippen LogP contribution is -2.39. The van der Waals surface area contributed by atoms with E-state index in [2.05, 4.69) is 5.10 Å². The maximum absolute atomic E-state index is 12.7. The van der Waals surface area contributed by atoms with E-state index in [1.54, 1.807) is 12.0 Å². The molecule has 1 amide bonds. The third-order valence-corrected chi connectivity index (χ3v) is 4.54. The molecule has 0 N–H and O–H groups in total. The van der Waals surface area contributed by atoms with Crippen molar-refractivity contribution in [3.63, 3.8) is 0 Å². The minimum Gasteiger partial charge on any atom is -0.383 e. The Bertz CT molecular complexity index is 562. The fraction of sp³-hybridized carbons (Fsp3) is 0.706. The highest BCUT2D eigenvalue weighted by Crippen LogP contribution is 2.21. The number of methoxy groups -OCH3 is 1. The van der Waals surface area contributed by atoms with E-state index in [4.69, 9.17) is 4.74 Å². The number of hydrogen-bond acceptors (Lipinski definition) is 4. The van der Waals surface area contributed by atoms with Crippen molar-refractivity contribution in [2.75, 3.05) is 20.8 Å². The number of hydrogen-bond donors (Lipinski definition) is 0. The SMILES string of the molecule is COCCn1nc(C(=O)N(C)C2CCCCCCC2)ccc1=O. The van der Waals surface area contributed by atoms with Crippen LogP contribution in [0.15, 0.2) is 16.9 Å². The summed E-state index contributed by atoms with van der Waals surface area (Å²) in [6.07, 6.45) is 8.23. The van der Waals surface area contributed by atoms with Gasteiger partial charge in [0.15, 0.2) is 0 Å². The van der Waals surface area contributed by atoms with E-state index in [1.807, 2.05) is 7.05 Å². The van der Waals surface area contributed by atoms with Crippen LogP contribution in [0.3, 0.4) is 0 Å². The Labute approximate surface area is 137 Å². The van der Waals surface area contributed by atoms with Crippen molar-refractivity contribution < 1.29 is 9.53 Å². The molecule has 6 nitrogen and oxygen atoms in total. The first kappa shape index (κ1) is 17.7. The molecule has 0 spiro atoms. The third-order valence-electron chi connectivity index (χ3n) is 4.54. The van der Waals surface area contributed by atoms with Crippen LogP contribution in [0.5, 0.6) is 0 Å². The summed E-state index contributed by atoms with van der Waals surface area (Å²) in [5.41, 5.74) is 0.109. The Balaban J connectivity index is 2.10. The smallest absolute Gasteiger partial charge is 0.274 e. The highest BCUT2D eigenvalue weighted by Gasteiger charge is 2.23. The Hall–Kier alpha value is -1.69. The van der Waals surface area contributed by atoms with Gasteiger partial charge in [0.1, 0.15) is 5.69 Å². The predicted octanol–water partition coefficient (Wildman–Crippen LogP) is 2.07. The number of carbonyl (C=O) groups is 1. The van der Waals surface area contributed by atoms with E-state index in [0.717, 1.165) is 12.8 Å². The van der Waals surface area contributed by atoms with Crippen molar-refractivity contribution in [2.24, 2.45) is 0 Å². The predicted molar refractivity (Wildman–Crippen MR) is 88.6 cm³/mol. The van der Waals surface area contributed by atoms with E-state index in [9.17, 15) is 9.59 Å². The number of ether oxygens (including phenoxy) is 1. The van der Waals surface area contributed by atoms with Crippen LogP contribution >= 0.6 is 0 Å². The van der Waals surface area contributed by atoms with Gasteiger partial charge in [-0.3, -0.25) is 9.59 Å². The number of carbonyl (C=O) groups excluding carboxylic acids is 1. The molecule has 1 fully saturated rings. The Morgan fingerprint density at radius 1 is 1.26 bits per heavy atom. The van der Waals surface area contributed by atoms with Crippen molar-refractivity contribution in [3.8, 4) is 0 Å². The molecular formula is C17H27N3O3. The second kappa shape index (κ2) is 8.82. The molecule has 0 saturated heterocycles. The van der Waals surface area contributed by atoms with Crippen LogP contribution < -0.4 is 5.56 Å². The van der Waals surface area contributed by atoms with E-state index < -0.39 is 0 Å². The Morgan fingerprint density at radius 2 is 1.91 bits per heavy atom. The zero-order valence-corrected chi connectivity index (χ0v) is 14.2. The zero-order chi connectivity index (χ0) is 16.7. The van der Waals surface area contributed by atoms with Crippen LogP contribution in [0.1, 0.15) is 55.4 Å². The molecule has 1 heterocycles. The lowest BCUT2D eigenvalue weighted by molar-refractivity contribution is 0.0697. The van der Waals surface area contributed by atoms with Crippen LogP contribution in [0.25, 0.3) is 0 Å². The van der Waals surface area contributed by atoms with Crippen LogP contribution in [-0.4, -0.2) is 47.4 Å². The first-order valence-corrected chi connectivity index (χ1v) is 8.47. The number of rotatable bonds is 5. The fourth-order valence-corrected chi connectivity index (χ4v) is 3.07. The average Bonchev–Trinajstić information content (AvgIpc) is 2.52. The molecule has 0 atom stereocenters. The van der Waals surface area contributed by atoms with E-state index in [-0.39, 0.29) is 17.5 Å². The van der Waals surface area contributed by atoms with E-state index >= 15 is 0 Å². The van der Waals surface area contributed by atoms with Gasteiger partial charge in [-0.15, -0.1) is 0 Å². The molecule has 1 aromatic heterocycles. The largest absolute Gasteiger partial charge is 0.383 e. The first-order chi connectivity index (χ1) is 11.1.